The van der Waals surface area contributed by atoms with Gasteiger partial charge in [-0.3, -0.25) is 29.3 Å². The summed E-state index contributed by atoms with van der Waals surface area (Å²) in [5.74, 6) is -0.609. The van der Waals surface area contributed by atoms with Crippen LogP contribution < -0.4 is 16.6 Å². The Morgan fingerprint density at radius 2 is 2.14 bits per heavy atom. The van der Waals surface area contributed by atoms with Gasteiger partial charge in [-0.2, -0.15) is 0 Å². The molecule has 144 valence electrons. The highest BCUT2D eigenvalue weighted by Crippen LogP contribution is 2.34. The standard InChI is InChI=1S/C18H16N4O5S/c1-9-5-6-10(22(26)27)7-12(9)19-14(23)8-21-17(24)15-11-3-2-4-13(11)28-16(15)20-18(21)25/h5-7H,2-4,8H2,1H3,(H,19,23)(H,20,25). The van der Waals surface area contributed by atoms with Crippen molar-refractivity contribution in [2.45, 2.75) is 32.7 Å². The number of carbonyl (C=O) groups excluding carboxylic acids is 1. The van der Waals surface area contributed by atoms with Gasteiger partial charge in [-0.05, 0) is 37.3 Å². The van der Waals surface area contributed by atoms with Crippen molar-refractivity contribution in [3.63, 3.8) is 0 Å². The van der Waals surface area contributed by atoms with E-state index in [9.17, 15) is 24.5 Å². The average molecular weight is 400 g/mol. The summed E-state index contributed by atoms with van der Waals surface area (Å²) >= 11 is 1.42. The number of carbonyl (C=O) groups is 1. The zero-order valence-corrected chi connectivity index (χ0v) is 15.7. The van der Waals surface area contributed by atoms with Crippen molar-refractivity contribution in [1.82, 2.24) is 9.55 Å². The summed E-state index contributed by atoms with van der Waals surface area (Å²) in [5.41, 5.74) is 0.566. The number of aryl methyl sites for hydroxylation is 3. The number of nitro benzene ring substituents is 1. The zero-order chi connectivity index (χ0) is 20.0. The third-order valence-electron chi connectivity index (χ3n) is 4.85. The Morgan fingerprint density at radius 1 is 1.36 bits per heavy atom. The summed E-state index contributed by atoms with van der Waals surface area (Å²) in [4.78, 5) is 52.3. The van der Waals surface area contributed by atoms with Crippen molar-refractivity contribution in [1.29, 1.82) is 0 Å². The molecule has 4 rings (SSSR count). The van der Waals surface area contributed by atoms with Crippen LogP contribution in [0.25, 0.3) is 10.2 Å². The first-order valence-corrected chi connectivity index (χ1v) is 9.49. The van der Waals surface area contributed by atoms with Crippen molar-refractivity contribution in [3.8, 4) is 0 Å². The number of hydrogen-bond donors (Lipinski definition) is 2. The summed E-state index contributed by atoms with van der Waals surface area (Å²) in [5, 5.41) is 14.0. The molecule has 1 amide bonds. The Hall–Kier alpha value is -3.27. The second-order valence-corrected chi connectivity index (χ2v) is 7.79. The van der Waals surface area contributed by atoms with E-state index in [-0.39, 0.29) is 11.4 Å². The number of benzene rings is 1. The molecule has 1 aliphatic carbocycles. The van der Waals surface area contributed by atoms with Crippen LogP contribution in [-0.4, -0.2) is 20.4 Å². The molecule has 3 aromatic rings. The first-order chi connectivity index (χ1) is 13.3. The highest BCUT2D eigenvalue weighted by molar-refractivity contribution is 7.18. The fourth-order valence-electron chi connectivity index (χ4n) is 3.45. The largest absolute Gasteiger partial charge is 0.329 e. The molecule has 9 nitrogen and oxygen atoms in total. The molecule has 0 saturated carbocycles. The van der Waals surface area contributed by atoms with Gasteiger partial charge in [0.2, 0.25) is 5.91 Å². The number of H-pyrrole nitrogens is 1. The number of anilines is 1. The monoisotopic (exact) mass is 400 g/mol. The van der Waals surface area contributed by atoms with Crippen molar-refractivity contribution in [2.75, 3.05) is 5.32 Å². The lowest BCUT2D eigenvalue weighted by atomic mass is 10.2. The predicted molar refractivity (Wildman–Crippen MR) is 105 cm³/mol. The van der Waals surface area contributed by atoms with Gasteiger partial charge < -0.3 is 5.32 Å². The molecule has 0 radical (unpaired) electrons. The molecule has 2 N–H and O–H groups in total. The molecular formula is C18H16N4O5S. The van der Waals surface area contributed by atoms with Crippen molar-refractivity contribution >= 4 is 38.8 Å². The second-order valence-electron chi connectivity index (χ2n) is 6.69. The summed E-state index contributed by atoms with van der Waals surface area (Å²) in [6, 6.07) is 4.11. The normalized spacial score (nSPS) is 12.9. The number of aromatic amines is 1. The SMILES string of the molecule is Cc1ccc([N+](=O)[O-])cc1NC(=O)Cn1c(=O)[nH]c2sc3c(c2c1=O)CCC3. The molecule has 1 aliphatic rings. The summed E-state index contributed by atoms with van der Waals surface area (Å²) in [7, 11) is 0. The van der Waals surface area contributed by atoms with Crippen molar-refractivity contribution in [3.05, 3.63) is 65.2 Å². The van der Waals surface area contributed by atoms with Crippen LogP contribution in [0.3, 0.4) is 0 Å². The Kier molecular flexibility index (Phi) is 4.34. The number of thiophene rings is 1. The maximum atomic E-state index is 12.8. The summed E-state index contributed by atoms with van der Waals surface area (Å²) in [6.45, 7) is 1.22. The molecule has 0 saturated heterocycles. The Morgan fingerprint density at radius 3 is 2.89 bits per heavy atom. The molecule has 0 atom stereocenters. The van der Waals surface area contributed by atoms with Gasteiger partial charge in [-0.25, -0.2) is 4.79 Å². The lowest BCUT2D eigenvalue weighted by Gasteiger charge is -2.09. The fourth-order valence-corrected chi connectivity index (χ4v) is 4.72. The van der Waals surface area contributed by atoms with E-state index in [1.54, 1.807) is 6.92 Å². The number of aromatic nitrogens is 2. The molecule has 28 heavy (non-hydrogen) atoms. The van der Waals surface area contributed by atoms with E-state index in [1.807, 2.05) is 0 Å². The van der Waals surface area contributed by atoms with E-state index in [0.29, 0.717) is 15.8 Å². The highest BCUT2D eigenvalue weighted by atomic mass is 32.1. The van der Waals surface area contributed by atoms with Gasteiger partial charge in [0.15, 0.2) is 0 Å². The van der Waals surface area contributed by atoms with Crippen LogP contribution in [0.2, 0.25) is 0 Å². The van der Waals surface area contributed by atoms with Crippen LogP contribution in [0.4, 0.5) is 11.4 Å². The molecule has 0 aliphatic heterocycles. The Labute approximate surface area is 161 Å². The van der Waals surface area contributed by atoms with Crippen molar-refractivity contribution < 1.29 is 9.72 Å². The van der Waals surface area contributed by atoms with E-state index >= 15 is 0 Å². The zero-order valence-electron chi connectivity index (χ0n) is 14.9. The van der Waals surface area contributed by atoms with E-state index < -0.39 is 28.6 Å². The first-order valence-electron chi connectivity index (χ1n) is 8.67. The molecule has 0 unspecified atom stereocenters. The molecule has 2 aromatic heterocycles. The van der Waals surface area contributed by atoms with Gasteiger partial charge in [-0.1, -0.05) is 6.07 Å². The van der Waals surface area contributed by atoms with Gasteiger partial charge in [0.05, 0.1) is 16.0 Å². The van der Waals surface area contributed by atoms with Crippen LogP contribution in [-0.2, 0) is 24.2 Å². The smallest absolute Gasteiger partial charge is 0.324 e. The molecular weight excluding hydrogens is 384 g/mol. The number of nitrogens with zero attached hydrogens (tertiary/aromatic N) is 2. The minimum Gasteiger partial charge on any atom is -0.324 e. The highest BCUT2D eigenvalue weighted by Gasteiger charge is 2.22. The Bertz CT molecular complexity index is 1250. The molecule has 0 bridgehead atoms. The Balaban J connectivity index is 1.66. The predicted octanol–water partition coefficient (Wildman–Crippen LogP) is 2.10. The maximum Gasteiger partial charge on any atom is 0.329 e. The second kappa shape index (κ2) is 6.71. The third kappa shape index (κ3) is 3.01. The van der Waals surface area contributed by atoms with Crippen LogP contribution in [0.5, 0.6) is 0 Å². The molecule has 2 heterocycles. The number of nitrogens with one attached hydrogen (secondary N) is 2. The van der Waals surface area contributed by atoms with Crippen LogP contribution in [0, 0.1) is 17.0 Å². The van der Waals surface area contributed by atoms with E-state index in [0.717, 1.165) is 34.3 Å². The third-order valence-corrected chi connectivity index (χ3v) is 6.06. The summed E-state index contributed by atoms with van der Waals surface area (Å²) in [6.07, 6.45) is 2.65. The lowest BCUT2D eigenvalue weighted by Crippen LogP contribution is -2.38. The van der Waals surface area contributed by atoms with E-state index in [4.69, 9.17) is 0 Å². The van der Waals surface area contributed by atoms with E-state index in [1.165, 1.54) is 29.5 Å². The van der Waals surface area contributed by atoms with Crippen LogP contribution in [0.15, 0.2) is 27.8 Å². The number of fused-ring (bicyclic) bond motifs is 3. The minimum atomic E-state index is -0.650. The van der Waals surface area contributed by atoms with Gasteiger partial charge in [0, 0.05) is 17.0 Å². The fraction of sp³-hybridized carbons (Fsp3) is 0.278. The first kappa shape index (κ1) is 18.1. The van der Waals surface area contributed by atoms with E-state index in [2.05, 4.69) is 10.3 Å². The van der Waals surface area contributed by atoms with Gasteiger partial charge in [0.25, 0.3) is 11.2 Å². The quantitative estimate of drug-likeness (QED) is 0.512. The number of rotatable bonds is 4. The molecule has 0 fully saturated rings. The van der Waals surface area contributed by atoms with Gasteiger partial charge >= 0.3 is 5.69 Å². The topological polar surface area (TPSA) is 127 Å². The molecule has 10 heteroatoms. The van der Waals surface area contributed by atoms with Crippen LogP contribution >= 0.6 is 11.3 Å². The average Bonchev–Trinajstić information content (AvgIpc) is 3.20. The van der Waals surface area contributed by atoms with Crippen LogP contribution in [0.1, 0.15) is 22.4 Å². The number of amides is 1. The summed E-state index contributed by atoms with van der Waals surface area (Å²) < 4.78 is 0.871. The van der Waals surface area contributed by atoms with Gasteiger partial charge in [0.1, 0.15) is 11.4 Å². The molecule has 1 aromatic carbocycles. The molecule has 0 spiro atoms. The maximum absolute atomic E-state index is 12.8. The van der Waals surface area contributed by atoms with Gasteiger partial charge in [-0.15, -0.1) is 11.3 Å². The number of non-ortho nitro benzene ring substituents is 1. The number of hydrogen-bond acceptors (Lipinski definition) is 6. The number of nitro groups is 1. The lowest BCUT2D eigenvalue weighted by molar-refractivity contribution is -0.384. The minimum absolute atomic E-state index is 0.161. The van der Waals surface area contributed by atoms with Crippen molar-refractivity contribution in [2.24, 2.45) is 0 Å².